The molecule has 3 aliphatic rings. The molecule has 4 atom stereocenters. The second-order valence-corrected chi connectivity index (χ2v) is 4.36. The Morgan fingerprint density at radius 1 is 1.36 bits per heavy atom. The molecule has 1 saturated heterocycles. The molecule has 0 unspecified atom stereocenters. The zero-order chi connectivity index (χ0) is 7.59. The van der Waals surface area contributed by atoms with Crippen molar-refractivity contribution in [1.82, 2.24) is 4.90 Å². The minimum absolute atomic E-state index is 0.431. The van der Waals surface area contributed by atoms with Crippen LogP contribution in [-0.2, 0) is 4.79 Å². The zero-order valence-corrected chi connectivity index (χ0v) is 6.79. The molecule has 1 amide bonds. The van der Waals surface area contributed by atoms with Crippen LogP contribution in [0.15, 0.2) is 0 Å². The molecule has 60 valence electrons. The monoisotopic (exact) mass is 151 g/mol. The first-order valence-corrected chi connectivity index (χ1v) is 4.54. The summed E-state index contributed by atoms with van der Waals surface area (Å²) >= 11 is 0. The number of likely N-dealkylation sites (tertiary alicyclic amines) is 1. The predicted octanol–water partition coefficient (Wildman–Crippen LogP) is 0.873. The van der Waals surface area contributed by atoms with E-state index in [1.165, 1.54) is 19.3 Å². The minimum atomic E-state index is 0.431. The lowest BCUT2D eigenvalue weighted by atomic mass is 9.90. The summed E-state index contributed by atoms with van der Waals surface area (Å²) in [7, 11) is 1.98. The molecule has 3 fully saturated rings. The third kappa shape index (κ3) is 0.534. The van der Waals surface area contributed by atoms with Gasteiger partial charge in [-0.25, -0.2) is 0 Å². The number of rotatable bonds is 0. The second kappa shape index (κ2) is 1.62. The lowest BCUT2D eigenvalue weighted by molar-refractivity contribution is -0.130. The van der Waals surface area contributed by atoms with Crippen LogP contribution in [-0.4, -0.2) is 23.9 Å². The van der Waals surface area contributed by atoms with Crippen molar-refractivity contribution in [3.8, 4) is 0 Å². The molecular weight excluding hydrogens is 138 g/mol. The molecule has 2 bridgehead atoms. The van der Waals surface area contributed by atoms with Crippen molar-refractivity contribution in [3.63, 3.8) is 0 Å². The summed E-state index contributed by atoms with van der Waals surface area (Å²) < 4.78 is 0. The molecule has 11 heavy (non-hydrogen) atoms. The molecule has 2 nitrogen and oxygen atoms in total. The Balaban J connectivity index is 2.05. The van der Waals surface area contributed by atoms with Crippen LogP contribution in [0.25, 0.3) is 0 Å². The number of hydrogen-bond acceptors (Lipinski definition) is 1. The first-order valence-electron chi connectivity index (χ1n) is 4.54. The van der Waals surface area contributed by atoms with Crippen molar-refractivity contribution in [2.45, 2.75) is 25.3 Å². The van der Waals surface area contributed by atoms with E-state index >= 15 is 0 Å². The molecule has 0 radical (unpaired) electrons. The number of amides is 1. The van der Waals surface area contributed by atoms with E-state index in [4.69, 9.17) is 0 Å². The SMILES string of the molecule is CN1C(=O)[C@@H]2C[C@@H]3C[C@H]2[C@H]1C3. The number of fused-ring (bicyclic) bond motifs is 1. The average molecular weight is 151 g/mol. The topological polar surface area (TPSA) is 20.3 Å². The molecule has 2 aliphatic carbocycles. The maximum atomic E-state index is 11.5. The van der Waals surface area contributed by atoms with Gasteiger partial charge in [0.25, 0.3) is 0 Å². The zero-order valence-electron chi connectivity index (χ0n) is 6.79. The summed E-state index contributed by atoms with van der Waals surface area (Å²) in [6.07, 6.45) is 3.83. The number of nitrogens with zero attached hydrogens (tertiary/aromatic N) is 1. The molecule has 0 aromatic rings. The van der Waals surface area contributed by atoms with E-state index in [-0.39, 0.29) is 0 Å². The normalized spacial score (nSPS) is 52.8. The van der Waals surface area contributed by atoms with E-state index in [1.807, 2.05) is 11.9 Å². The Bertz CT molecular complexity index is 226. The third-order valence-electron chi connectivity index (χ3n) is 3.94. The lowest BCUT2D eigenvalue weighted by Crippen LogP contribution is -2.28. The van der Waals surface area contributed by atoms with Gasteiger partial charge in [-0.3, -0.25) is 4.79 Å². The van der Waals surface area contributed by atoms with Gasteiger partial charge in [0.15, 0.2) is 0 Å². The van der Waals surface area contributed by atoms with Crippen molar-refractivity contribution in [1.29, 1.82) is 0 Å². The van der Waals surface area contributed by atoms with E-state index < -0.39 is 0 Å². The van der Waals surface area contributed by atoms with Crippen molar-refractivity contribution >= 4 is 5.91 Å². The fraction of sp³-hybridized carbons (Fsp3) is 0.889. The predicted molar refractivity (Wildman–Crippen MR) is 40.9 cm³/mol. The molecular formula is C9H13NO. The first-order chi connectivity index (χ1) is 5.27. The van der Waals surface area contributed by atoms with Gasteiger partial charge < -0.3 is 4.90 Å². The lowest BCUT2D eigenvalue weighted by Gasteiger charge is -2.19. The van der Waals surface area contributed by atoms with Gasteiger partial charge >= 0.3 is 0 Å². The average Bonchev–Trinajstić information content (AvgIpc) is 2.60. The highest BCUT2D eigenvalue weighted by Gasteiger charge is 2.56. The van der Waals surface area contributed by atoms with Crippen LogP contribution in [0.5, 0.6) is 0 Å². The van der Waals surface area contributed by atoms with Gasteiger partial charge in [0, 0.05) is 19.0 Å². The van der Waals surface area contributed by atoms with Crippen molar-refractivity contribution in [3.05, 3.63) is 0 Å². The molecule has 0 N–H and O–H groups in total. The Morgan fingerprint density at radius 3 is 2.73 bits per heavy atom. The summed E-state index contributed by atoms with van der Waals surface area (Å²) in [6, 6.07) is 0.631. The summed E-state index contributed by atoms with van der Waals surface area (Å²) in [6.45, 7) is 0. The second-order valence-electron chi connectivity index (χ2n) is 4.36. The van der Waals surface area contributed by atoms with Crippen LogP contribution in [0.1, 0.15) is 19.3 Å². The molecule has 0 aromatic heterocycles. The maximum Gasteiger partial charge on any atom is 0.226 e. The number of carbonyl (C=O) groups is 1. The Morgan fingerprint density at radius 2 is 2.18 bits per heavy atom. The molecule has 2 heteroatoms. The largest absolute Gasteiger partial charge is 0.342 e. The molecule has 0 spiro atoms. The van der Waals surface area contributed by atoms with Gasteiger partial charge in [-0.15, -0.1) is 0 Å². The third-order valence-corrected chi connectivity index (χ3v) is 3.94. The highest BCUT2D eigenvalue weighted by Crippen LogP contribution is 2.54. The van der Waals surface area contributed by atoms with Crippen molar-refractivity contribution in [2.75, 3.05) is 7.05 Å². The first kappa shape index (κ1) is 6.04. The number of hydrogen-bond donors (Lipinski definition) is 0. The quantitative estimate of drug-likeness (QED) is 0.503. The highest BCUT2D eigenvalue weighted by atomic mass is 16.2. The molecule has 0 aromatic carbocycles. The van der Waals surface area contributed by atoms with Gasteiger partial charge in [-0.2, -0.15) is 0 Å². The van der Waals surface area contributed by atoms with E-state index in [0.29, 0.717) is 17.9 Å². The molecule has 3 rings (SSSR count). The number of carbonyl (C=O) groups excluding carboxylic acids is 1. The molecule has 2 saturated carbocycles. The Labute approximate surface area is 66.6 Å². The van der Waals surface area contributed by atoms with Crippen molar-refractivity contribution < 1.29 is 4.79 Å². The van der Waals surface area contributed by atoms with Gasteiger partial charge in [-0.1, -0.05) is 0 Å². The van der Waals surface area contributed by atoms with Crippen LogP contribution in [0.4, 0.5) is 0 Å². The van der Waals surface area contributed by atoms with Gasteiger partial charge in [0.2, 0.25) is 5.91 Å². The van der Waals surface area contributed by atoms with Gasteiger partial charge in [0.1, 0.15) is 0 Å². The minimum Gasteiger partial charge on any atom is -0.342 e. The van der Waals surface area contributed by atoms with Crippen LogP contribution < -0.4 is 0 Å². The molecule has 1 aliphatic heterocycles. The van der Waals surface area contributed by atoms with Crippen LogP contribution >= 0.6 is 0 Å². The Kier molecular flexibility index (Phi) is 0.890. The van der Waals surface area contributed by atoms with E-state index in [9.17, 15) is 4.79 Å². The van der Waals surface area contributed by atoms with Crippen molar-refractivity contribution in [2.24, 2.45) is 17.8 Å². The van der Waals surface area contributed by atoms with E-state index in [0.717, 1.165) is 11.8 Å². The standard InChI is InChI=1S/C9H13NO/c1-10-8-4-5-2-6(8)7(3-5)9(10)11/h5-8H,2-4H2,1H3/t5-,6+,7+,8+/m0/s1. The maximum absolute atomic E-state index is 11.5. The van der Waals surface area contributed by atoms with Gasteiger partial charge in [0.05, 0.1) is 0 Å². The van der Waals surface area contributed by atoms with Crippen LogP contribution in [0.3, 0.4) is 0 Å². The summed E-state index contributed by atoms with van der Waals surface area (Å²) in [5, 5.41) is 0. The summed E-state index contributed by atoms with van der Waals surface area (Å²) in [5.74, 6) is 2.50. The van der Waals surface area contributed by atoms with E-state index in [1.54, 1.807) is 0 Å². The molecule has 1 heterocycles. The van der Waals surface area contributed by atoms with E-state index in [2.05, 4.69) is 0 Å². The fourth-order valence-electron chi connectivity index (χ4n) is 3.47. The highest BCUT2D eigenvalue weighted by molar-refractivity contribution is 5.82. The fourth-order valence-corrected chi connectivity index (χ4v) is 3.47. The Hall–Kier alpha value is -0.530. The van der Waals surface area contributed by atoms with Gasteiger partial charge in [-0.05, 0) is 31.1 Å². The smallest absolute Gasteiger partial charge is 0.226 e. The van der Waals surface area contributed by atoms with Crippen LogP contribution in [0, 0.1) is 17.8 Å². The van der Waals surface area contributed by atoms with Crippen LogP contribution in [0.2, 0.25) is 0 Å². The summed E-state index contributed by atoms with van der Waals surface area (Å²) in [4.78, 5) is 13.6. The summed E-state index contributed by atoms with van der Waals surface area (Å²) in [5.41, 5.74) is 0.